The molecule has 0 unspecified atom stereocenters. The molecule has 0 N–H and O–H groups in total. The van der Waals surface area contributed by atoms with Crippen LogP contribution in [0.1, 0.15) is 25.0 Å². The summed E-state index contributed by atoms with van der Waals surface area (Å²) in [5.41, 5.74) is 16.5. The topological polar surface area (TPSA) is 6.48 Å². The molecule has 0 atom stereocenters. The first-order valence-electron chi connectivity index (χ1n) is 21.2. The molecule has 10 aromatic rings. The van der Waals surface area contributed by atoms with Crippen molar-refractivity contribution < 1.29 is 0 Å². The molecule has 61 heavy (non-hydrogen) atoms. The van der Waals surface area contributed by atoms with Crippen LogP contribution >= 0.6 is 0 Å². The van der Waals surface area contributed by atoms with Crippen molar-refractivity contribution in [1.82, 2.24) is 0 Å². The molecule has 1 aliphatic rings. The van der Waals surface area contributed by atoms with Crippen LogP contribution < -0.4 is 9.80 Å². The predicted molar refractivity (Wildman–Crippen MR) is 259 cm³/mol. The number of fused-ring (bicyclic) bond motifs is 6. The smallest absolute Gasteiger partial charge is 0.0508 e. The van der Waals surface area contributed by atoms with E-state index in [1.165, 1.54) is 71.7 Å². The van der Waals surface area contributed by atoms with Crippen LogP contribution in [0.25, 0.3) is 54.9 Å². The normalized spacial score (nSPS) is 12.6. The van der Waals surface area contributed by atoms with Crippen LogP contribution in [0.2, 0.25) is 0 Å². The van der Waals surface area contributed by atoms with Crippen molar-refractivity contribution >= 4 is 55.7 Å². The Morgan fingerprint density at radius 2 is 0.820 bits per heavy atom. The van der Waals surface area contributed by atoms with Gasteiger partial charge in [-0.1, -0.05) is 172 Å². The lowest BCUT2D eigenvalue weighted by Gasteiger charge is -2.33. The summed E-state index contributed by atoms with van der Waals surface area (Å²) in [7, 11) is 0. The number of nitrogens with zero attached hydrogens (tertiary/aromatic N) is 2. The number of benzene rings is 10. The Morgan fingerprint density at radius 1 is 0.311 bits per heavy atom. The van der Waals surface area contributed by atoms with Crippen molar-refractivity contribution in [2.24, 2.45) is 0 Å². The third kappa shape index (κ3) is 6.27. The van der Waals surface area contributed by atoms with Crippen LogP contribution in [0.15, 0.2) is 231 Å². The minimum Gasteiger partial charge on any atom is -0.310 e. The summed E-state index contributed by atoms with van der Waals surface area (Å²) in [4.78, 5) is 4.82. The number of anilines is 6. The lowest BCUT2D eigenvalue weighted by Crippen LogP contribution is -2.21. The minimum atomic E-state index is -0.281. The third-order valence-electron chi connectivity index (χ3n) is 12.6. The first-order chi connectivity index (χ1) is 30.0. The van der Waals surface area contributed by atoms with Crippen molar-refractivity contribution in [3.8, 4) is 33.4 Å². The van der Waals surface area contributed by atoms with Gasteiger partial charge in [0.1, 0.15) is 0 Å². The van der Waals surface area contributed by atoms with Crippen molar-refractivity contribution in [2.75, 3.05) is 9.80 Å². The molecule has 0 saturated carbocycles. The molecule has 0 bridgehead atoms. The Morgan fingerprint density at radius 3 is 1.51 bits per heavy atom. The van der Waals surface area contributed by atoms with Crippen molar-refractivity contribution in [3.63, 3.8) is 0 Å². The van der Waals surface area contributed by atoms with Crippen LogP contribution in [0.4, 0.5) is 34.1 Å². The molecule has 1 aliphatic carbocycles. The van der Waals surface area contributed by atoms with Gasteiger partial charge in [-0.3, -0.25) is 0 Å². The highest BCUT2D eigenvalue weighted by Crippen LogP contribution is 2.55. The summed E-state index contributed by atoms with van der Waals surface area (Å²) < 4.78 is 0. The van der Waals surface area contributed by atoms with Gasteiger partial charge in [-0.25, -0.2) is 0 Å². The molecule has 10 aromatic carbocycles. The second-order valence-electron chi connectivity index (χ2n) is 16.6. The average molecular weight is 781 g/mol. The maximum atomic E-state index is 2.48. The zero-order valence-corrected chi connectivity index (χ0v) is 34.3. The van der Waals surface area contributed by atoms with Gasteiger partial charge in [-0.05, 0) is 139 Å². The summed E-state index contributed by atoms with van der Waals surface area (Å²) in [6, 6.07) is 84.0. The molecule has 0 aliphatic heterocycles. The molecule has 0 spiro atoms. The Labute approximate surface area is 358 Å². The van der Waals surface area contributed by atoms with E-state index in [1.54, 1.807) is 0 Å². The van der Waals surface area contributed by atoms with Crippen molar-refractivity contribution in [2.45, 2.75) is 19.3 Å². The highest BCUT2D eigenvalue weighted by molar-refractivity contribution is 6.10. The largest absolute Gasteiger partial charge is 0.310 e. The van der Waals surface area contributed by atoms with Crippen LogP contribution in [0, 0.1) is 0 Å². The lowest BCUT2D eigenvalue weighted by molar-refractivity contribution is 0.661. The molecule has 0 saturated heterocycles. The second-order valence-corrected chi connectivity index (χ2v) is 16.6. The number of hydrogen-bond donors (Lipinski definition) is 0. The van der Waals surface area contributed by atoms with Gasteiger partial charge in [0, 0.05) is 33.9 Å². The molecule has 0 amide bonds. The lowest BCUT2D eigenvalue weighted by atomic mass is 9.80. The standard InChI is InChI=1S/C59H44N2/c1-59(2)56-40-54-44(33-32-42-20-12-13-29-52(42)54)38-55(56)53-30-17-31-57(58(53)59)61(47-36-34-43(35-37-47)51-28-15-14-27-50(51)41-18-6-3-7-19-41)49-26-16-25-48(39-49)60(45-21-8-4-9-22-45)46-23-10-5-11-24-46/h3-40H,1-2H3. The fourth-order valence-corrected chi connectivity index (χ4v) is 9.73. The quantitative estimate of drug-likeness (QED) is 0.142. The van der Waals surface area contributed by atoms with E-state index < -0.39 is 0 Å². The molecule has 0 heterocycles. The van der Waals surface area contributed by atoms with Gasteiger partial charge in [0.2, 0.25) is 0 Å². The second kappa shape index (κ2) is 14.9. The van der Waals surface area contributed by atoms with Gasteiger partial charge in [-0.2, -0.15) is 0 Å². The summed E-state index contributed by atoms with van der Waals surface area (Å²) >= 11 is 0. The Balaban J connectivity index is 1.10. The summed E-state index contributed by atoms with van der Waals surface area (Å²) in [6.07, 6.45) is 0. The maximum Gasteiger partial charge on any atom is 0.0508 e. The zero-order valence-electron chi connectivity index (χ0n) is 34.3. The molecule has 2 nitrogen and oxygen atoms in total. The molecular formula is C59H44N2. The highest BCUT2D eigenvalue weighted by atomic mass is 15.2. The molecular weight excluding hydrogens is 737 g/mol. The molecule has 290 valence electrons. The zero-order chi connectivity index (χ0) is 40.9. The number of hydrogen-bond acceptors (Lipinski definition) is 2. The van der Waals surface area contributed by atoms with Gasteiger partial charge >= 0.3 is 0 Å². The van der Waals surface area contributed by atoms with E-state index in [2.05, 4.69) is 254 Å². The summed E-state index contributed by atoms with van der Waals surface area (Å²) in [5.74, 6) is 0. The van der Waals surface area contributed by atoms with Crippen LogP contribution in [-0.2, 0) is 5.41 Å². The van der Waals surface area contributed by atoms with Crippen LogP contribution in [0.5, 0.6) is 0 Å². The fraction of sp³-hybridized carbons (Fsp3) is 0.0508. The van der Waals surface area contributed by atoms with E-state index in [1.807, 2.05) is 0 Å². The molecule has 11 rings (SSSR count). The predicted octanol–water partition coefficient (Wildman–Crippen LogP) is 16.6. The first-order valence-corrected chi connectivity index (χ1v) is 21.2. The molecule has 0 radical (unpaired) electrons. The SMILES string of the molecule is CC1(C)c2cc3c(ccc4ccccc43)cc2-c2cccc(N(c3ccc(-c4ccccc4-c4ccccc4)cc3)c3cccc(N(c4ccccc4)c4ccccc4)c3)c21. The van der Waals surface area contributed by atoms with E-state index in [0.717, 1.165) is 28.4 Å². The Kier molecular flexibility index (Phi) is 8.86. The highest BCUT2D eigenvalue weighted by Gasteiger charge is 2.39. The van der Waals surface area contributed by atoms with Crippen LogP contribution in [0.3, 0.4) is 0 Å². The van der Waals surface area contributed by atoms with Gasteiger partial charge in [0.25, 0.3) is 0 Å². The molecule has 0 aromatic heterocycles. The number of para-hydroxylation sites is 2. The maximum absolute atomic E-state index is 2.48. The summed E-state index contributed by atoms with van der Waals surface area (Å²) in [5, 5.41) is 5.13. The monoisotopic (exact) mass is 780 g/mol. The number of rotatable bonds is 8. The van der Waals surface area contributed by atoms with Crippen LogP contribution in [-0.4, -0.2) is 0 Å². The van der Waals surface area contributed by atoms with Gasteiger partial charge < -0.3 is 9.80 Å². The first kappa shape index (κ1) is 36.4. The van der Waals surface area contributed by atoms with E-state index in [9.17, 15) is 0 Å². The Bertz CT molecular complexity index is 3170. The van der Waals surface area contributed by atoms with Gasteiger partial charge in [0.15, 0.2) is 0 Å². The van der Waals surface area contributed by atoms with Gasteiger partial charge in [0.05, 0.1) is 5.69 Å². The van der Waals surface area contributed by atoms with Crippen molar-refractivity contribution in [1.29, 1.82) is 0 Å². The minimum absolute atomic E-state index is 0.281. The van der Waals surface area contributed by atoms with E-state index in [0.29, 0.717) is 0 Å². The van der Waals surface area contributed by atoms with E-state index in [-0.39, 0.29) is 5.41 Å². The van der Waals surface area contributed by atoms with E-state index >= 15 is 0 Å². The van der Waals surface area contributed by atoms with E-state index in [4.69, 9.17) is 0 Å². The summed E-state index contributed by atoms with van der Waals surface area (Å²) in [6.45, 7) is 4.81. The third-order valence-corrected chi connectivity index (χ3v) is 12.6. The fourth-order valence-electron chi connectivity index (χ4n) is 9.73. The average Bonchev–Trinajstić information content (AvgIpc) is 3.55. The molecule has 0 fully saturated rings. The Hall–Kier alpha value is -7.68. The van der Waals surface area contributed by atoms with Gasteiger partial charge in [-0.15, -0.1) is 0 Å². The molecule has 2 heteroatoms. The van der Waals surface area contributed by atoms with Crippen molar-refractivity contribution in [3.05, 3.63) is 242 Å².